The molecule has 240 valence electrons. The second-order valence-electron chi connectivity index (χ2n) is 9.94. The van der Waals surface area contributed by atoms with Gasteiger partial charge >= 0.3 is 0 Å². The molecule has 0 saturated carbocycles. The fourth-order valence-corrected chi connectivity index (χ4v) is 6.24. The third kappa shape index (κ3) is 8.58. The highest BCUT2D eigenvalue weighted by atomic mass is 35.5. The summed E-state index contributed by atoms with van der Waals surface area (Å²) in [5.74, 6) is 0.457. The van der Waals surface area contributed by atoms with Gasteiger partial charge in [-0.15, -0.1) is 0 Å². The van der Waals surface area contributed by atoms with Crippen molar-refractivity contribution in [2.45, 2.75) is 24.2 Å². The summed E-state index contributed by atoms with van der Waals surface area (Å²) in [4.78, 5) is 27.0. The van der Waals surface area contributed by atoms with Gasteiger partial charge in [0.15, 0.2) is 18.1 Å². The summed E-state index contributed by atoms with van der Waals surface area (Å²) in [6, 6.07) is 15.3. The van der Waals surface area contributed by atoms with E-state index in [0.29, 0.717) is 17.1 Å². The van der Waals surface area contributed by atoms with Crippen LogP contribution >= 0.6 is 11.6 Å². The number of benzene rings is 3. The van der Waals surface area contributed by atoms with Crippen LogP contribution < -0.4 is 28.7 Å². The van der Waals surface area contributed by atoms with Crippen LogP contribution in [-0.2, 0) is 19.6 Å². The first kappa shape index (κ1) is 33.4. The van der Waals surface area contributed by atoms with Gasteiger partial charge in [-0.3, -0.25) is 13.9 Å². The Hall–Kier alpha value is -4.49. The van der Waals surface area contributed by atoms with Gasteiger partial charge in [-0.05, 0) is 79.4 Å². The summed E-state index contributed by atoms with van der Waals surface area (Å²) in [7, 11) is -0.159. The Morgan fingerprint density at radius 1 is 0.911 bits per heavy atom. The number of hydrazone groups is 1. The van der Waals surface area contributed by atoms with E-state index >= 15 is 0 Å². The number of anilines is 1. The molecule has 1 N–H and O–H groups in total. The van der Waals surface area contributed by atoms with Crippen LogP contribution in [0.4, 0.5) is 5.69 Å². The van der Waals surface area contributed by atoms with Crippen LogP contribution in [0.1, 0.15) is 24.8 Å². The number of nitrogens with zero attached hydrogens (tertiary/aromatic N) is 3. The summed E-state index contributed by atoms with van der Waals surface area (Å²) in [6.07, 6.45) is 4.56. The summed E-state index contributed by atoms with van der Waals surface area (Å²) >= 11 is 6.21. The monoisotopic (exact) mass is 658 g/mol. The maximum atomic E-state index is 13.9. The van der Waals surface area contributed by atoms with Gasteiger partial charge in [-0.2, -0.15) is 5.10 Å². The Kier molecular flexibility index (Phi) is 11.5. The Morgan fingerprint density at radius 3 is 2.24 bits per heavy atom. The normalized spacial score (nSPS) is 13.3. The van der Waals surface area contributed by atoms with Gasteiger partial charge in [0.25, 0.3) is 21.8 Å². The summed E-state index contributed by atoms with van der Waals surface area (Å²) < 4.78 is 50.2. The number of carbonyl (C=O) groups excluding carboxylic acids is 2. The van der Waals surface area contributed by atoms with Crippen LogP contribution in [0.5, 0.6) is 23.0 Å². The Balaban J connectivity index is 1.46. The van der Waals surface area contributed by atoms with E-state index in [-0.39, 0.29) is 39.6 Å². The second kappa shape index (κ2) is 15.5. The van der Waals surface area contributed by atoms with E-state index < -0.39 is 22.5 Å². The number of nitrogens with one attached hydrogen (secondary N) is 1. The van der Waals surface area contributed by atoms with Gasteiger partial charge in [-0.25, -0.2) is 13.8 Å². The number of hydrogen-bond donors (Lipinski definition) is 1. The van der Waals surface area contributed by atoms with Crippen molar-refractivity contribution in [3.8, 4) is 23.0 Å². The first-order valence-corrected chi connectivity index (χ1v) is 15.9. The maximum Gasteiger partial charge on any atom is 0.265 e. The third-order valence-corrected chi connectivity index (χ3v) is 8.98. The molecule has 1 saturated heterocycles. The van der Waals surface area contributed by atoms with E-state index in [2.05, 4.69) is 10.5 Å². The molecule has 3 aromatic carbocycles. The molecule has 0 unspecified atom stereocenters. The number of ether oxygens (including phenoxy) is 4. The highest BCUT2D eigenvalue weighted by molar-refractivity contribution is 7.92. The number of methoxy groups -OCH3 is 3. The minimum Gasteiger partial charge on any atom is -0.495 e. The number of hydrogen-bond acceptors (Lipinski definition) is 9. The fourth-order valence-electron chi connectivity index (χ4n) is 4.64. The van der Waals surface area contributed by atoms with E-state index in [0.717, 1.165) is 36.7 Å². The molecule has 0 atom stereocenters. The molecule has 1 fully saturated rings. The van der Waals surface area contributed by atoms with E-state index in [1.54, 1.807) is 30.3 Å². The molecule has 4 rings (SSSR count). The molecule has 0 radical (unpaired) electrons. The predicted octanol–water partition coefficient (Wildman–Crippen LogP) is 4.10. The van der Waals surface area contributed by atoms with Crippen LogP contribution in [0.25, 0.3) is 0 Å². The highest BCUT2D eigenvalue weighted by Gasteiger charge is 2.30. The van der Waals surface area contributed by atoms with Gasteiger partial charge in [0, 0.05) is 24.2 Å². The molecule has 0 spiro atoms. The molecule has 45 heavy (non-hydrogen) atoms. The molecule has 2 amide bonds. The highest BCUT2D eigenvalue weighted by Crippen LogP contribution is 2.37. The molecular formula is C31H35ClN4O8S. The van der Waals surface area contributed by atoms with Crippen LogP contribution in [0.15, 0.2) is 70.7 Å². The van der Waals surface area contributed by atoms with E-state index in [9.17, 15) is 18.0 Å². The minimum atomic E-state index is -4.35. The van der Waals surface area contributed by atoms with Crippen molar-refractivity contribution >= 4 is 45.3 Å². The lowest BCUT2D eigenvalue weighted by Crippen LogP contribution is -2.39. The molecule has 1 heterocycles. The van der Waals surface area contributed by atoms with Crippen molar-refractivity contribution in [1.82, 2.24) is 10.3 Å². The standard InChI is InChI=1S/C31H35ClN4O8S/c1-41-27-13-9-23(32)17-26(27)36(45(39,40)25-12-14-28(42-2)29(18-25)43-3)20-30(37)34-33-19-22-7-10-24(11-8-22)44-21-31(38)35-15-5-4-6-16-35/h7-14,17-19H,4-6,15-16,20-21H2,1-3H3,(H,34,37)/b33-19-. The van der Waals surface area contributed by atoms with Gasteiger partial charge < -0.3 is 23.8 Å². The lowest BCUT2D eigenvalue weighted by Gasteiger charge is -2.26. The number of carbonyl (C=O) groups is 2. The quantitative estimate of drug-likeness (QED) is 0.214. The minimum absolute atomic E-state index is 0.0381. The largest absolute Gasteiger partial charge is 0.495 e. The summed E-state index contributed by atoms with van der Waals surface area (Å²) in [6.45, 7) is 0.831. The molecule has 3 aromatic rings. The first-order valence-electron chi connectivity index (χ1n) is 14.1. The van der Waals surface area contributed by atoms with E-state index in [1.165, 1.54) is 57.9 Å². The van der Waals surface area contributed by atoms with Crippen LogP contribution in [0.2, 0.25) is 5.02 Å². The van der Waals surface area contributed by atoms with Gasteiger partial charge in [-0.1, -0.05) is 11.6 Å². The van der Waals surface area contributed by atoms with E-state index in [1.807, 2.05) is 4.90 Å². The summed E-state index contributed by atoms with van der Waals surface area (Å²) in [5.41, 5.74) is 3.05. The zero-order valence-electron chi connectivity index (χ0n) is 25.2. The topological polar surface area (TPSA) is 136 Å². The average Bonchev–Trinajstić information content (AvgIpc) is 3.06. The maximum absolute atomic E-state index is 13.9. The molecule has 14 heteroatoms. The van der Waals surface area contributed by atoms with E-state index in [4.69, 9.17) is 30.5 Å². The van der Waals surface area contributed by atoms with Gasteiger partial charge in [0.2, 0.25) is 0 Å². The number of amides is 2. The Morgan fingerprint density at radius 2 is 1.58 bits per heavy atom. The number of likely N-dealkylation sites (tertiary alicyclic amines) is 1. The third-order valence-electron chi connectivity index (χ3n) is 6.99. The zero-order valence-corrected chi connectivity index (χ0v) is 26.8. The van der Waals surface area contributed by atoms with Crippen molar-refractivity contribution in [2.75, 3.05) is 51.9 Å². The number of piperidine rings is 1. The zero-order chi connectivity index (χ0) is 32.4. The van der Waals surface area contributed by atoms with Crippen LogP contribution in [0, 0.1) is 0 Å². The fraction of sp³-hybridized carbons (Fsp3) is 0.323. The van der Waals surface area contributed by atoms with Crippen molar-refractivity contribution in [1.29, 1.82) is 0 Å². The average molecular weight is 659 g/mol. The Labute approximate surface area is 267 Å². The number of sulfonamides is 1. The van der Waals surface area contributed by atoms with Gasteiger partial charge in [0.1, 0.15) is 18.0 Å². The Bertz CT molecular complexity index is 1630. The van der Waals surface area contributed by atoms with Crippen molar-refractivity contribution in [3.63, 3.8) is 0 Å². The van der Waals surface area contributed by atoms with Crippen LogP contribution in [0.3, 0.4) is 0 Å². The first-order chi connectivity index (χ1) is 21.7. The molecule has 1 aliphatic heterocycles. The molecule has 1 aliphatic rings. The molecule has 0 bridgehead atoms. The smallest absolute Gasteiger partial charge is 0.265 e. The number of rotatable bonds is 13. The molecule has 0 aromatic heterocycles. The van der Waals surface area contributed by atoms with Crippen molar-refractivity contribution in [2.24, 2.45) is 5.10 Å². The lowest BCUT2D eigenvalue weighted by molar-refractivity contribution is -0.134. The molecular weight excluding hydrogens is 624 g/mol. The molecule has 0 aliphatic carbocycles. The predicted molar refractivity (Wildman–Crippen MR) is 170 cm³/mol. The lowest BCUT2D eigenvalue weighted by atomic mass is 10.1. The summed E-state index contributed by atoms with van der Waals surface area (Å²) in [5, 5.41) is 4.21. The molecule has 12 nitrogen and oxygen atoms in total. The van der Waals surface area contributed by atoms with Crippen molar-refractivity contribution in [3.05, 3.63) is 71.2 Å². The van der Waals surface area contributed by atoms with Crippen molar-refractivity contribution < 1.29 is 37.0 Å². The second-order valence-corrected chi connectivity index (χ2v) is 12.2. The number of halogens is 1. The SMILES string of the molecule is COc1ccc(S(=O)(=O)N(CC(=O)N/N=C\c2ccc(OCC(=O)N3CCCCC3)cc2)c2cc(Cl)ccc2OC)cc1OC. The van der Waals surface area contributed by atoms with Crippen LogP contribution in [-0.4, -0.2) is 78.9 Å². The van der Waals surface area contributed by atoms with Gasteiger partial charge in [0.05, 0.1) is 38.1 Å².